The number of unbranched alkanes of at least 4 members (excludes halogenated alkanes) is 8. The summed E-state index contributed by atoms with van der Waals surface area (Å²) in [5.41, 5.74) is 0. The third-order valence-corrected chi connectivity index (χ3v) is 2.22. The fourth-order valence-corrected chi connectivity index (χ4v) is 1.40. The third-order valence-electron chi connectivity index (χ3n) is 2.22. The Labute approximate surface area is 127 Å². The van der Waals surface area contributed by atoms with Crippen LogP contribution in [0.1, 0.15) is 64.7 Å². The Morgan fingerprint density at radius 2 is 1.31 bits per heavy atom. The van der Waals surface area contributed by atoms with Gasteiger partial charge in [0.05, 0.1) is 0 Å². The van der Waals surface area contributed by atoms with E-state index in [0.717, 1.165) is 6.42 Å². The van der Waals surface area contributed by atoms with Crippen molar-refractivity contribution >= 4 is 0 Å². The summed E-state index contributed by atoms with van der Waals surface area (Å²) >= 11 is 0. The molecule has 0 aromatic carbocycles. The second kappa shape index (κ2) is 15.8. The first kappa shape index (κ1) is 16.8. The Hall–Kier alpha value is 1.38. The molecular weight excluding hydrogens is 183 g/mol. The minimum atomic E-state index is 0. The molecule has 0 aliphatic carbocycles. The maximum atomic E-state index is 5.28. The van der Waals surface area contributed by atoms with Gasteiger partial charge in [0.1, 0.15) is 0 Å². The van der Waals surface area contributed by atoms with Gasteiger partial charge in [-0.3, -0.25) is 6.08 Å². The molecule has 0 saturated carbocycles. The molecule has 0 atom stereocenters. The predicted molar refractivity (Wildman–Crippen MR) is 56.1 cm³/mol. The van der Waals surface area contributed by atoms with Crippen molar-refractivity contribution in [3.8, 4) is 0 Å². The summed E-state index contributed by atoms with van der Waals surface area (Å²) in [7, 11) is 0. The number of rotatable bonds is 9. The molecule has 0 N–H and O–H groups in total. The maximum absolute atomic E-state index is 5.28. The molecule has 0 amide bonds. The van der Waals surface area contributed by atoms with E-state index < -0.39 is 0 Å². The van der Waals surface area contributed by atoms with E-state index in [1.807, 2.05) is 0 Å². The topological polar surface area (TPSA) is 0 Å². The standard InChI is InChI=1S/C12H23.K/c1-3-5-7-9-11-12-10-8-6-4-2;/h1,3H,4-12H2,2H3;/q-1;+1. The van der Waals surface area contributed by atoms with Crippen molar-refractivity contribution in [3.05, 3.63) is 12.7 Å². The van der Waals surface area contributed by atoms with Crippen molar-refractivity contribution < 1.29 is 51.4 Å². The van der Waals surface area contributed by atoms with E-state index in [9.17, 15) is 0 Å². The molecule has 0 aromatic rings. The molecule has 0 saturated heterocycles. The molecule has 0 bridgehead atoms. The molecule has 0 fully saturated rings. The van der Waals surface area contributed by atoms with E-state index in [4.69, 9.17) is 6.58 Å². The third kappa shape index (κ3) is 16.1. The maximum Gasteiger partial charge on any atom is 1.00 e. The van der Waals surface area contributed by atoms with Crippen LogP contribution in [0.5, 0.6) is 0 Å². The number of allylic oxidation sites excluding steroid dienone is 1. The molecular formula is C12H23K. The number of hydrogen-bond donors (Lipinski definition) is 0. The Bertz CT molecular complexity index is 89.1. The quantitative estimate of drug-likeness (QED) is 0.305. The van der Waals surface area contributed by atoms with Gasteiger partial charge < -0.3 is 6.58 Å². The van der Waals surface area contributed by atoms with Crippen LogP contribution in [0.4, 0.5) is 0 Å². The summed E-state index contributed by atoms with van der Waals surface area (Å²) in [5.74, 6) is 0. The molecule has 0 nitrogen and oxygen atoms in total. The van der Waals surface area contributed by atoms with Gasteiger partial charge in [-0.25, -0.2) is 0 Å². The predicted octanol–water partition coefficient (Wildman–Crippen LogP) is 1.51. The second-order valence-corrected chi connectivity index (χ2v) is 3.50. The first-order valence-electron chi connectivity index (χ1n) is 5.45. The smallest absolute Gasteiger partial charge is 0.518 e. The normalized spacial score (nSPS) is 9.31. The largest absolute Gasteiger partial charge is 1.00 e. The Kier molecular flexibility index (Phi) is 20.5. The van der Waals surface area contributed by atoms with Gasteiger partial charge in [0.15, 0.2) is 0 Å². The van der Waals surface area contributed by atoms with Crippen molar-refractivity contribution in [2.24, 2.45) is 0 Å². The molecule has 0 unspecified atom stereocenters. The summed E-state index contributed by atoms with van der Waals surface area (Å²) < 4.78 is 0. The van der Waals surface area contributed by atoms with E-state index in [2.05, 4.69) is 6.92 Å². The average molecular weight is 206 g/mol. The van der Waals surface area contributed by atoms with Crippen LogP contribution < -0.4 is 51.4 Å². The van der Waals surface area contributed by atoms with Crippen LogP contribution >= 0.6 is 0 Å². The molecule has 0 aliphatic heterocycles. The monoisotopic (exact) mass is 206 g/mol. The van der Waals surface area contributed by atoms with Crippen LogP contribution in [0.2, 0.25) is 0 Å². The molecule has 0 spiro atoms. The zero-order chi connectivity index (χ0) is 9.07. The Morgan fingerprint density at radius 1 is 0.846 bits per heavy atom. The van der Waals surface area contributed by atoms with Gasteiger partial charge in [-0.05, 0) is 0 Å². The summed E-state index contributed by atoms with van der Waals surface area (Å²) in [6.07, 6.45) is 14.0. The average Bonchev–Trinajstić information content (AvgIpc) is 2.10. The van der Waals surface area contributed by atoms with Crippen molar-refractivity contribution in [3.63, 3.8) is 0 Å². The Morgan fingerprint density at radius 3 is 1.77 bits per heavy atom. The van der Waals surface area contributed by atoms with Gasteiger partial charge >= 0.3 is 51.4 Å². The zero-order valence-corrected chi connectivity index (χ0v) is 12.6. The molecule has 0 aromatic heterocycles. The van der Waals surface area contributed by atoms with Crippen LogP contribution in [0, 0.1) is 6.58 Å². The van der Waals surface area contributed by atoms with Crippen LogP contribution in [0.25, 0.3) is 0 Å². The van der Waals surface area contributed by atoms with Gasteiger partial charge in [0, 0.05) is 0 Å². The summed E-state index contributed by atoms with van der Waals surface area (Å²) in [4.78, 5) is 0. The van der Waals surface area contributed by atoms with Gasteiger partial charge in [0.25, 0.3) is 0 Å². The van der Waals surface area contributed by atoms with Gasteiger partial charge in [-0.2, -0.15) is 0 Å². The minimum absolute atomic E-state index is 0. The van der Waals surface area contributed by atoms with E-state index in [1.54, 1.807) is 6.08 Å². The van der Waals surface area contributed by atoms with E-state index in [1.165, 1.54) is 51.4 Å². The first-order valence-corrected chi connectivity index (χ1v) is 5.45. The van der Waals surface area contributed by atoms with Gasteiger partial charge in [-0.15, -0.1) is 0 Å². The molecule has 0 aliphatic rings. The van der Waals surface area contributed by atoms with Crippen LogP contribution in [0.15, 0.2) is 6.08 Å². The van der Waals surface area contributed by atoms with Crippen molar-refractivity contribution in [2.75, 3.05) is 0 Å². The van der Waals surface area contributed by atoms with Crippen molar-refractivity contribution in [1.29, 1.82) is 0 Å². The fourth-order valence-electron chi connectivity index (χ4n) is 1.40. The molecule has 1 heteroatoms. The fraction of sp³-hybridized carbons (Fsp3) is 0.833. The SMILES string of the molecule is [CH-]=CCCCCCCCCCC.[K+]. The summed E-state index contributed by atoms with van der Waals surface area (Å²) in [6, 6.07) is 0. The van der Waals surface area contributed by atoms with Crippen LogP contribution in [-0.4, -0.2) is 0 Å². The summed E-state index contributed by atoms with van der Waals surface area (Å²) in [6.45, 7) is 7.54. The van der Waals surface area contributed by atoms with E-state index >= 15 is 0 Å². The van der Waals surface area contributed by atoms with Crippen molar-refractivity contribution in [2.45, 2.75) is 64.7 Å². The van der Waals surface area contributed by atoms with Crippen LogP contribution in [-0.2, 0) is 0 Å². The molecule has 0 rings (SSSR count). The van der Waals surface area contributed by atoms with E-state index in [-0.39, 0.29) is 51.4 Å². The summed E-state index contributed by atoms with van der Waals surface area (Å²) in [5, 5.41) is 0. The molecule has 13 heavy (non-hydrogen) atoms. The Balaban J connectivity index is 0. The minimum Gasteiger partial charge on any atom is -0.518 e. The van der Waals surface area contributed by atoms with Gasteiger partial charge in [0.2, 0.25) is 0 Å². The number of hydrogen-bond acceptors (Lipinski definition) is 0. The van der Waals surface area contributed by atoms with Crippen LogP contribution in [0.3, 0.4) is 0 Å². The first-order chi connectivity index (χ1) is 5.91. The van der Waals surface area contributed by atoms with E-state index in [0.29, 0.717) is 0 Å². The zero-order valence-electron chi connectivity index (χ0n) is 9.52. The van der Waals surface area contributed by atoms with Crippen molar-refractivity contribution in [1.82, 2.24) is 0 Å². The molecule has 72 valence electrons. The molecule has 0 heterocycles. The second-order valence-electron chi connectivity index (χ2n) is 3.50. The molecule has 0 radical (unpaired) electrons. The van der Waals surface area contributed by atoms with Gasteiger partial charge in [-0.1, -0.05) is 64.7 Å².